The number of hydrogen-bond donors (Lipinski definition) is 2. The number of rotatable bonds is 5. The van der Waals surface area contributed by atoms with Gasteiger partial charge in [0.1, 0.15) is 5.75 Å². The predicted molar refractivity (Wildman–Crippen MR) is 82.8 cm³/mol. The van der Waals surface area contributed by atoms with Gasteiger partial charge < -0.3 is 20.3 Å². The van der Waals surface area contributed by atoms with Gasteiger partial charge in [-0.05, 0) is 24.3 Å². The SMILES string of the molecule is COc1ccc(N2CC(C(=O)NCC3CNC3)CC2=O)cc1. The lowest BCUT2D eigenvalue weighted by Gasteiger charge is -2.27. The van der Waals surface area contributed by atoms with Crippen LogP contribution < -0.4 is 20.3 Å². The molecule has 2 fully saturated rings. The molecule has 3 rings (SSSR count). The first-order valence-electron chi connectivity index (χ1n) is 7.60. The molecule has 118 valence electrons. The zero-order chi connectivity index (χ0) is 15.5. The first kappa shape index (κ1) is 14.8. The Morgan fingerprint density at radius 3 is 2.68 bits per heavy atom. The second-order valence-corrected chi connectivity index (χ2v) is 5.87. The predicted octanol–water partition coefficient (Wildman–Crippen LogP) is 0.384. The van der Waals surface area contributed by atoms with Crippen LogP contribution in [-0.4, -0.2) is 45.1 Å². The summed E-state index contributed by atoms with van der Waals surface area (Å²) in [6.45, 7) is 3.06. The van der Waals surface area contributed by atoms with Gasteiger partial charge in [-0.3, -0.25) is 9.59 Å². The van der Waals surface area contributed by atoms with E-state index in [9.17, 15) is 9.59 Å². The molecule has 2 saturated heterocycles. The van der Waals surface area contributed by atoms with E-state index in [4.69, 9.17) is 4.74 Å². The first-order valence-corrected chi connectivity index (χ1v) is 7.60. The molecule has 1 atom stereocenters. The largest absolute Gasteiger partial charge is 0.497 e. The lowest BCUT2D eigenvalue weighted by Crippen LogP contribution is -2.49. The van der Waals surface area contributed by atoms with Gasteiger partial charge in [-0.15, -0.1) is 0 Å². The Morgan fingerprint density at radius 2 is 2.09 bits per heavy atom. The third-order valence-electron chi connectivity index (χ3n) is 4.31. The fourth-order valence-corrected chi connectivity index (χ4v) is 2.78. The van der Waals surface area contributed by atoms with E-state index in [0.717, 1.165) is 24.5 Å². The van der Waals surface area contributed by atoms with Crippen molar-refractivity contribution < 1.29 is 14.3 Å². The summed E-state index contributed by atoms with van der Waals surface area (Å²) in [5.74, 6) is 0.993. The van der Waals surface area contributed by atoms with E-state index in [1.165, 1.54) is 0 Å². The maximum atomic E-state index is 12.2. The number of amides is 2. The van der Waals surface area contributed by atoms with Gasteiger partial charge in [-0.1, -0.05) is 0 Å². The minimum Gasteiger partial charge on any atom is -0.497 e. The Balaban J connectivity index is 1.58. The molecule has 2 amide bonds. The Bertz CT molecular complexity index is 554. The minimum absolute atomic E-state index is 0.00405. The van der Waals surface area contributed by atoms with Gasteiger partial charge in [0.15, 0.2) is 0 Å². The molecule has 0 aliphatic carbocycles. The van der Waals surface area contributed by atoms with E-state index in [0.29, 0.717) is 19.0 Å². The van der Waals surface area contributed by atoms with Gasteiger partial charge in [-0.25, -0.2) is 0 Å². The van der Waals surface area contributed by atoms with Crippen LogP contribution in [0.4, 0.5) is 5.69 Å². The summed E-state index contributed by atoms with van der Waals surface area (Å²) >= 11 is 0. The molecule has 2 N–H and O–H groups in total. The normalized spacial score (nSPS) is 21.6. The second-order valence-electron chi connectivity index (χ2n) is 5.87. The zero-order valence-corrected chi connectivity index (χ0v) is 12.7. The van der Waals surface area contributed by atoms with E-state index in [2.05, 4.69) is 10.6 Å². The van der Waals surface area contributed by atoms with Crippen LogP contribution in [0, 0.1) is 11.8 Å². The smallest absolute Gasteiger partial charge is 0.227 e. The van der Waals surface area contributed by atoms with Crippen LogP contribution in [0.3, 0.4) is 0 Å². The van der Waals surface area contributed by atoms with Crippen LogP contribution in [0.25, 0.3) is 0 Å². The molecule has 2 aliphatic rings. The molecule has 0 spiro atoms. The van der Waals surface area contributed by atoms with Gasteiger partial charge >= 0.3 is 0 Å². The highest BCUT2D eigenvalue weighted by molar-refractivity contribution is 6.00. The summed E-state index contributed by atoms with van der Waals surface area (Å²) in [6, 6.07) is 7.33. The molecule has 2 aliphatic heterocycles. The molecule has 0 radical (unpaired) electrons. The van der Waals surface area contributed by atoms with Crippen molar-refractivity contribution in [3.8, 4) is 5.75 Å². The van der Waals surface area contributed by atoms with Crippen molar-refractivity contribution >= 4 is 17.5 Å². The van der Waals surface area contributed by atoms with Crippen LogP contribution in [0.5, 0.6) is 5.75 Å². The average molecular weight is 303 g/mol. The van der Waals surface area contributed by atoms with Crippen LogP contribution in [0.15, 0.2) is 24.3 Å². The van der Waals surface area contributed by atoms with E-state index in [-0.39, 0.29) is 24.2 Å². The van der Waals surface area contributed by atoms with Crippen LogP contribution in [-0.2, 0) is 9.59 Å². The molecule has 6 heteroatoms. The summed E-state index contributed by atoms with van der Waals surface area (Å²) in [4.78, 5) is 26.0. The van der Waals surface area contributed by atoms with E-state index in [1.54, 1.807) is 12.0 Å². The summed E-state index contributed by atoms with van der Waals surface area (Å²) in [5.41, 5.74) is 0.810. The number of hydrogen-bond acceptors (Lipinski definition) is 4. The fourth-order valence-electron chi connectivity index (χ4n) is 2.78. The molecule has 0 bridgehead atoms. The summed E-state index contributed by atoms with van der Waals surface area (Å²) < 4.78 is 5.12. The maximum absolute atomic E-state index is 12.2. The van der Waals surface area contributed by atoms with Gasteiger partial charge in [0.25, 0.3) is 0 Å². The molecule has 2 heterocycles. The fraction of sp³-hybridized carbons (Fsp3) is 0.500. The molecule has 22 heavy (non-hydrogen) atoms. The number of anilines is 1. The Hall–Kier alpha value is -2.08. The molecule has 1 aromatic rings. The lowest BCUT2D eigenvalue weighted by atomic mass is 10.0. The Morgan fingerprint density at radius 1 is 1.36 bits per heavy atom. The van der Waals surface area contributed by atoms with Gasteiger partial charge in [0, 0.05) is 44.2 Å². The number of benzene rings is 1. The standard InChI is InChI=1S/C16H21N3O3/c1-22-14-4-2-13(3-5-14)19-10-12(6-15(19)20)16(21)18-9-11-7-17-8-11/h2-5,11-12,17H,6-10H2,1H3,(H,18,21). The molecule has 6 nitrogen and oxygen atoms in total. The molecular weight excluding hydrogens is 282 g/mol. The third-order valence-corrected chi connectivity index (χ3v) is 4.31. The average Bonchev–Trinajstić information content (AvgIpc) is 2.88. The summed E-state index contributed by atoms with van der Waals surface area (Å²) in [7, 11) is 1.61. The van der Waals surface area contributed by atoms with E-state index >= 15 is 0 Å². The highest BCUT2D eigenvalue weighted by Crippen LogP contribution is 2.26. The number of carbonyl (C=O) groups is 2. The summed E-state index contributed by atoms with van der Waals surface area (Å²) in [5, 5.41) is 6.14. The van der Waals surface area contributed by atoms with Crippen LogP contribution in [0.2, 0.25) is 0 Å². The second kappa shape index (κ2) is 6.36. The van der Waals surface area contributed by atoms with Gasteiger partial charge in [0.05, 0.1) is 13.0 Å². The van der Waals surface area contributed by atoms with Crippen molar-refractivity contribution in [1.82, 2.24) is 10.6 Å². The monoisotopic (exact) mass is 303 g/mol. The molecule has 1 aromatic carbocycles. The number of carbonyl (C=O) groups excluding carboxylic acids is 2. The zero-order valence-electron chi connectivity index (χ0n) is 12.7. The lowest BCUT2D eigenvalue weighted by molar-refractivity contribution is -0.126. The number of nitrogens with one attached hydrogen (secondary N) is 2. The topological polar surface area (TPSA) is 70.7 Å². The Labute approximate surface area is 129 Å². The third kappa shape index (κ3) is 3.06. The highest BCUT2D eigenvalue weighted by atomic mass is 16.5. The number of ether oxygens (including phenoxy) is 1. The van der Waals surface area contributed by atoms with Crippen LogP contribution >= 0.6 is 0 Å². The van der Waals surface area contributed by atoms with Crippen molar-refractivity contribution in [2.45, 2.75) is 6.42 Å². The van der Waals surface area contributed by atoms with Crippen molar-refractivity contribution in [2.24, 2.45) is 11.8 Å². The van der Waals surface area contributed by atoms with Crippen molar-refractivity contribution in [3.05, 3.63) is 24.3 Å². The van der Waals surface area contributed by atoms with Crippen molar-refractivity contribution in [3.63, 3.8) is 0 Å². The number of nitrogens with zero attached hydrogens (tertiary/aromatic N) is 1. The Kier molecular flexibility index (Phi) is 4.29. The van der Waals surface area contributed by atoms with E-state index < -0.39 is 0 Å². The highest BCUT2D eigenvalue weighted by Gasteiger charge is 2.35. The minimum atomic E-state index is -0.261. The van der Waals surface area contributed by atoms with E-state index in [1.807, 2.05) is 24.3 Å². The van der Waals surface area contributed by atoms with Crippen LogP contribution in [0.1, 0.15) is 6.42 Å². The molecule has 1 unspecified atom stereocenters. The quantitative estimate of drug-likeness (QED) is 0.825. The first-order chi connectivity index (χ1) is 10.7. The van der Waals surface area contributed by atoms with Gasteiger partial charge in [-0.2, -0.15) is 0 Å². The summed E-state index contributed by atoms with van der Waals surface area (Å²) in [6.07, 6.45) is 0.279. The molecule has 0 saturated carbocycles. The molecular formula is C16H21N3O3. The molecule has 0 aromatic heterocycles. The van der Waals surface area contributed by atoms with Crippen molar-refractivity contribution in [1.29, 1.82) is 0 Å². The number of methoxy groups -OCH3 is 1. The maximum Gasteiger partial charge on any atom is 0.227 e. The van der Waals surface area contributed by atoms with Gasteiger partial charge in [0.2, 0.25) is 11.8 Å². The van der Waals surface area contributed by atoms with Crippen molar-refractivity contribution in [2.75, 3.05) is 38.2 Å².